The van der Waals surface area contributed by atoms with Gasteiger partial charge in [0, 0.05) is 18.9 Å². The van der Waals surface area contributed by atoms with Crippen LogP contribution in [0.5, 0.6) is 0 Å². The highest BCUT2D eigenvalue weighted by atomic mass is 16.4. The molecule has 1 aromatic carbocycles. The van der Waals surface area contributed by atoms with Crippen LogP contribution in [0, 0.1) is 0 Å². The van der Waals surface area contributed by atoms with Crippen LogP contribution >= 0.6 is 0 Å². The standard InChI is InChI=1S/C15H16N2O2/c18-15(19)14(9-12-5-2-1-3-6-12)17-11-13-7-4-8-16-10-13/h1-8,10,14,17H,9,11H2,(H,18,19)/t14-/m0/s1. The van der Waals surface area contributed by atoms with Gasteiger partial charge in [-0.1, -0.05) is 36.4 Å². The molecule has 0 bridgehead atoms. The fourth-order valence-electron chi connectivity index (χ4n) is 1.84. The molecule has 0 radical (unpaired) electrons. The highest BCUT2D eigenvalue weighted by Gasteiger charge is 2.16. The normalized spacial score (nSPS) is 12.0. The largest absolute Gasteiger partial charge is 0.480 e. The average molecular weight is 256 g/mol. The first-order chi connectivity index (χ1) is 9.25. The Kier molecular flexibility index (Phi) is 4.64. The molecule has 1 heterocycles. The topological polar surface area (TPSA) is 62.2 Å². The summed E-state index contributed by atoms with van der Waals surface area (Å²) in [5.74, 6) is -0.840. The predicted molar refractivity (Wildman–Crippen MR) is 72.6 cm³/mol. The third-order valence-electron chi connectivity index (χ3n) is 2.86. The number of carboxylic acid groups (broad SMARTS) is 1. The maximum atomic E-state index is 11.2. The van der Waals surface area contributed by atoms with Crippen molar-refractivity contribution in [3.8, 4) is 0 Å². The number of rotatable bonds is 6. The third-order valence-corrected chi connectivity index (χ3v) is 2.86. The molecule has 19 heavy (non-hydrogen) atoms. The van der Waals surface area contributed by atoms with E-state index in [4.69, 9.17) is 0 Å². The molecule has 0 amide bonds. The fourth-order valence-corrected chi connectivity index (χ4v) is 1.84. The van der Waals surface area contributed by atoms with Crippen molar-refractivity contribution in [3.05, 3.63) is 66.0 Å². The second-order valence-electron chi connectivity index (χ2n) is 4.32. The van der Waals surface area contributed by atoms with E-state index in [1.807, 2.05) is 42.5 Å². The van der Waals surface area contributed by atoms with E-state index in [9.17, 15) is 9.90 Å². The summed E-state index contributed by atoms with van der Waals surface area (Å²) < 4.78 is 0. The van der Waals surface area contributed by atoms with Crippen LogP contribution in [0.2, 0.25) is 0 Å². The zero-order valence-electron chi connectivity index (χ0n) is 10.5. The zero-order chi connectivity index (χ0) is 13.5. The SMILES string of the molecule is O=C(O)[C@H](Cc1ccccc1)NCc1cccnc1. The molecular weight excluding hydrogens is 240 g/mol. The summed E-state index contributed by atoms with van der Waals surface area (Å²) in [6.07, 6.45) is 3.90. The molecule has 4 nitrogen and oxygen atoms in total. The summed E-state index contributed by atoms with van der Waals surface area (Å²) in [6, 6.07) is 12.8. The Labute approximate surface area is 112 Å². The molecule has 0 aliphatic carbocycles. The van der Waals surface area contributed by atoms with E-state index >= 15 is 0 Å². The van der Waals surface area contributed by atoms with Crippen LogP contribution in [-0.4, -0.2) is 22.1 Å². The van der Waals surface area contributed by atoms with Crippen molar-refractivity contribution in [3.63, 3.8) is 0 Å². The van der Waals surface area contributed by atoms with Gasteiger partial charge in [0.15, 0.2) is 0 Å². The lowest BCUT2D eigenvalue weighted by Gasteiger charge is -2.14. The molecule has 98 valence electrons. The molecule has 0 aliphatic heterocycles. The lowest BCUT2D eigenvalue weighted by atomic mass is 10.1. The molecule has 0 unspecified atom stereocenters. The Balaban J connectivity index is 1.95. The van der Waals surface area contributed by atoms with Gasteiger partial charge in [-0.05, 0) is 23.6 Å². The Morgan fingerprint density at radius 1 is 1.16 bits per heavy atom. The first-order valence-electron chi connectivity index (χ1n) is 6.15. The van der Waals surface area contributed by atoms with Crippen molar-refractivity contribution in [1.82, 2.24) is 10.3 Å². The number of carboxylic acids is 1. The molecule has 2 rings (SSSR count). The number of benzene rings is 1. The number of nitrogens with one attached hydrogen (secondary N) is 1. The van der Waals surface area contributed by atoms with Crippen LogP contribution in [0.3, 0.4) is 0 Å². The van der Waals surface area contributed by atoms with Crippen molar-refractivity contribution in [2.24, 2.45) is 0 Å². The first-order valence-corrected chi connectivity index (χ1v) is 6.15. The molecule has 2 N–H and O–H groups in total. The van der Waals surface area contributed by atoms with Crippen LogP contribution in [0.25, 0.3) is 0 Å². The monoisotopic (exact) mass is 256 g/mol. The molecule has 1 aromatic heterocycles. The highest BCUT2D eigenvalue weighted by Crippen LogP contribution is 2.04. The summed E-state index contributed by atoms with van der Waals surface area (Å²) in [5.41, 5.74) is 1.98. The number of hydrogen-bond donors (Lipinski definition) is 2. The number of hydrogen-bond acceptors (Lipinski definition) is 3. The van der Waals surface area contributed by atoms with Crippen LogP contribution in [0.15, 0.2) is 54.9 Å². The number of carbonyl (C=O) groups is 1. The Morgan fingerprint density at radius 3 is 2.53 bits per heavy atom. The van der Waals surface area contributed by atoms with Gasteiger partial charge in [0.2, 0.25) is 0 Å². The van der Waals surface area contributed by atoms with Crippen LogP contribution in [0.4, 0.5) is 0 Å². The van der Waals surface area contributed by atoms with Crippen molar-refractivity contribution in [2.75, 3.05) is 0 Å². The van der Waals surface area contributed by atoms with E-state index in [2.05, 4.69) is 10.3 Å². The van der Waals surface area contributed by atoms with Crippen molar-refractivity contribution < 1.29 is 9.90 Å². The van der Waals surface area contributed by atoms with E-state index in [1.165, 1.54) is 0 Å². The van der Waals surface area contributed by atoms with Gasteiger partial charge in [0.05, 0.1) is 0 Å². The van der Waals surface area contributed by atoms with Gasteiger partial charge in [-0.2, -0.15) is 0 Å². The molecule has 0 aliphatic rings. The van der Waals surface area contributed by atoms with Crippen molar-refractivity contribution >= 4 is 5.97 Å². The molecule has 4 heteroatoms. The van der Waals surface area contributed by atoms with Crippen LogP contribution in [-0.2, 0) is 17.8 Å². The van der Waals surface area contributed by atoms with Crippen molar-refractivity contribution in [2.45, 2.75) is 19.0 Å². The smallest absolute Gasteiger partial charge is 0.321 e. The van der Waals surface area contributed by atoms with E-state index in [-0.39, 0.29) is 0 Å². The van der Waals surface area contributed by atoms with E-state index in [0.29, 0.717) is 13.0 Å². The van der Waals surface area contributed by atoms with Gasteiger partial charge < -0.3 is 5.11 Å². The van der Waals surface area contributed by atoms with Crippen molar-refractivity contribution in [1.29, 1.82) is 0 Å². The summed E-state index contributed by atoms with van der Waals surface area (Å²) in [7, 11) is 0. The minimum Gasteiger partial charge on any atom is -0.480 e. The highest BCUT2D eigenvalue weighted by molar-refractivity contribution is 5.73. The first kappa shape index (κ1) is 13.2. The molecule has 0 saturated carbocycles. The van der Waals surface area contributed by atoms with Gasteiger partial charge >= 0.3 is 5.97 Å². The van der Waals surface area contributed by atoms with Gasteiger partial charge in [-0.25, -0.2) is 0 Å². The minimum atomic E-state index is -0.840. The molecular formula is C15H16N2O2. The Morgan fingerprint density at radius 2 is 1.89 bits per heavy atom. The number of aliphatic carboxylic acids is 1. The van der Waals surface area contributed by atoms with E-state index in [0.717, 1.165) is 11.1 Å². The fraction of sp³-hybridized carbons (Fsp3) is 0.200. The molecule has 0 saturated heterocycles. The van der Waals surface area contributed by atoms with Gasteiger partial charge in [-0.3, -0.25) is 15.1 Å². The van der Waals surface area contributed by atoms with Gasteiger partial charge in [-0.15, -0.1) is 0 Å². The van der Waals surface area contributed by atoms with E-state index in [1.54, 1.807) is 12.4 Å². The minimum absolute atomic E-state index is 0.469. The summed E-state index contributed by atoms with van der Waals surface area (Å²) in [5, 5.41) is 12.3. The summed E-state index contributed by atoms with van der Waals surface area (Å²) in [6.45, 7) is 0.498. The zero-order valence-corrected chi connectivity index (χ0v) is 10.5. The Bertz CT molecular complexity index is 514. The molecule has 0 fully saturated rings. The lowest BCUT2D eigenvalue weighted by molar-refractivity contribution is -0.139. The quantitative estimate of drug-likeness (QED) is 0.828. The van der Waals surface area contributed by atoms with Crippen LogP contribution < -0.4 is 5.32 Å². The van der Waals surface area contributed by atoms with Crippen LogP contribution in [0.1, 0.15) is 11.1 Å². The number of nitrogens with zero attached hydrogens (tertiary/aromatic N) is 1. The second-order valence-corrected chi connectivity index (χ2v) is 4.32. The van der Waals surface area contributed by atoms with E-state index < -0.39 is 12.0 Å². The Hall–Kier alpha value is -2.20. The number of aromatic nitrogens is 1. The second kappa shape index (κ2) is 6.66. The molecule has 1 atom stereocenters. The lowest BCUT2D eigenvalue weighted by Crippen LogP contribution is -2.38. The molecule has 0 spiro atoms. The predicted octanol–water partition coefficient (Wildman–Crippen LogP) is 1.87. The molecule has 2 aromatic rings. The third kappa shape index (κ3) is 4.19. The maximum absolute atomic E-state index is 11.2. The number of pyridine rings is 1. The maximum Gasteiger partial charge on any atom is 0.321 e. The average Bonchev–Trinajstić information content (AvgIpc) is 2.45. The van der Waals surface area contributed by atoms with Gasteiger partial charge in [0.1, 0.15) is 6.04 Å². The summed E-state index contributed by atoms with van der Waals surface area (Å²) >= 11 is 0. The van der Waals surface area contributed by atoms with Gasteiger partial charge in [0.25, 0.3) is 0 Å². The summed E-state index contributed by atoms with van der Waals surface area (Å²) in [4.78, 5) is 15.3.